The number of hydrogen-bond acceptors (Lipinski definition) is 0. The Morgan fingerprint density at radius 2 is 1.25 bits per heavy atom. The summed E-state index contributed by atoms with van der Waals surface area (Å²) < 4.78 is 0. The van der Waals surface area contributed by atoms with Gasteiger partial charge in [-0.25, -0.2) is 0 Å². The fourth-order valence-electron chi connectivity index (χ4n) is 0. The third-order valence-electron chi connectivity index (χ3n) is 0. The van der Waals surface area contributed by atoms with E-state index in [0.717, 1.165) is 9.52 Å². The van der Waals surface area contributed by atoms with Crippen LogP contribution in [0.3, 0.4) is 0 Å². The van der Waals surface area contributed by atoms with Crippen LogP contribution in [0.15, 0.2) is 0 Å². The molecular formula is C2H7LiSi. The quantitative estimate of drug-likeness (QED) is 0.275. The van der Waals surface area contributed by atoms with Gasteiger partial charge in [0.25, 0.3) is 0 Å². The zero-order valence-electron chi connectivity index (χ0n) is 3.58. The Morgan fingerprint density at radius 1 is 1.25 bits per heavy atom. The van der Waals surface area contributed by atoms with Gasteiger partial charge in [0.1, 0.15) is 0 Å². The van der Waals surface area contributed by atoms with Gasteiger partial charge in [-0.05, 0) is 0 Å². The van der Waals surface area contributed by atoms with Gasteiger partial charge in [0.2, 0.25) is 0 Å². The van der Waals surface area contributed by atoms with E-state index in [1.807, 2.05) is 0 Å². The first kappa shape index (κ1) is 8.84. The van der Waals surface area contributed by atoms with E-state index in [-0.39, 0.29) is 18.9 Å². The van der Waals surface area contributed by atoms with Gasteiger partial charge in [-0.3, -0.25) is 9.52 Å². The van der Waals surface area contributed by atoms with E-state index < -0.39 is 0 Å². The maximum Gasteiger partial charge on any atom is 1.00 e. The number of hydrogen-bond donors (Lipinski definition) is 0. The van der Waals surface area contributed by atoms with Crippen LogP contribution < -0.4 is 18.9 Å². The maximum atomic E-state index is 2.21. The van der Waals surface area contributed by atoms with Gasteiger partial charge < -0.3 is 0 Å². The van der Waals surface area contributed by atoms with Crippen LogP contribution in [0.4, 0.5) is 0 Å². The average Bonchev–Trinajstić information content (AvgIpc) is 0.918. The molecule has 0 aliphatic heterocycles. The first-order valence-electron chi connectivity index (χ1n) is 1.15. The van der Waals surface area contributed by atoms with Crippen LogP contribution in [0, 0.1) is 0 Å². The first-order chi connectivity index (χ1) is 1.41. The van der Waals surface area contributed by atoms with E-state index in [1.54, 1.807) is 0 Å². The molecule has 0 nitrogen and oxygen atoms in total. The summed E-state index contributed by atoms with van der Waals surface area (Å²) in [5.41, 5.74) is 0. The molecule has 0 spiro atoms. The van der Waals surface area contributed by atoms with E-state index in [1.165, 1.54) is 0 Å². The van der Waals surface area contributed by atoms with Crippen LogP contribution in [-0.4, -0.2) is 9.52 Å². The van der Waals surface area contributed by atoms with E-state index in [2.05, 4.69) is 13.1 Å². The van der Waals surface area contributed by atoms with Gasteiger partial charge in [0.05, 0.1) is 0 Å². The minimum atomic E-state index is 0. The molecule has 0 radical (unpaired) electrons. The fraction of sp³-hybridized carbons (Fsp3) is 1.00. The smallest absolute Gasteiger partial charge is 0.286 e. The topological polar surface area (TPSA) is 0 Å². The van der Waals surface area contributed by atoms with E-state index in [4.69, 9.17) is 0 Å². The van der Waals surface area contributed by atoms with Gasteiger partial charge in [-0.15, -0.1) is 0 Å². The molecule has 20 valence electrons. The fourth-order valence-corrected chi connectivity index (χ4v) is 0. The summed E-state index contributed by atoms with van der Waals surface area (Å²) in [6.07, 6.45) is 0. The van der Waals surface area contributed by atoms with Gasteiger partial charge >= 0.3 is 18.9 Å². The third kappa shape index (κ3) is 14.0. The van der Waals surface area contributed by atoms with Crippen LogP contribution in [0.25, 0.3) is 0 Å². The van der Waals surface area contributed by atoms with Crippen molar-refractivity contribution < 1.29 is 18.9 Å². The van der Waals surface area contributed by atoms with Crippen molar-refractivity contribution in [1.82, 2.24) is 0 Å². The van der Waals surface area contributed by atoms with Gasteiger partial charge in [0.15, 0.2) is 0 Å². The Bertz CT molecular complexity index is 6.00. The van der Waals surface area contributed by atoms with Gasteiger partial charge in [0, 0.05) is 0 Å². The van der Waals surface area contributed by atoms with Crippen LogP contribution in [-0.2, 0) is 0 Å². The maximum absolute atomic E-state index is 2.21. The molecule has 0 bridgehead atoms. The minimum absolute atomic E-state index is 0. The zero-order chi connectivity index (χ0) is 2.71. The second-order valence-corrected chi connectivity index (χ2v) is 1.73. The number of rotatable bonds is 0. The van der Waals surface area contributed by atoms with Crippen molar-refractivity contribution in [2.24, 2.45) is 0 Å². The Kier molecular flexibility index (Phi) is 20.3. The van der Waals surface area contributed by atoms with E-state index >= 15 is 0 Å². The molecule has 4 heavy (non-hydrogen) atoms. The van der Waals surface area contributed by atoms with E-state index in [0.29, 0.717) is 0 Å². The van der Waals surface area contributed by atoms with Crippen molar-refractivity contribution in [2.45, 2.75) is 13.1 Å². The summed E-state index contributed by atoms with van der Waals surface area (Å²) in [5.74, 6) is 0. The van der Waals surface area contributed by atoms with Crippen molar-refractivity contribution in [3.63, 3.8) is 0 Å². The van der Waals surface area contributed by atoms with Gasteiger partial charge in [-0.1, -0.05) is 0 Å². The normalized spacial score (nSPS) is 4.50. The minimum Gasteiger partial charge on any atom is -0.286 e. The third-order valence-corrected chi connectivity index (χ3v) is 0. The van der Waals surface area contributed by atoms with Crippen LogP contribution in [0.5, 0.6) is 0 Å². The van der Waals surface area contributed by atoms with Crippen molar-refractivity contribution in [3.8, 4) is 0 Å². The summed E-state index contributed by atoms with van der Waals surface area (Å²) in [7, 11) is 0.750. The Morgan fingerprint density at radius 3 is 1.25 bits per heavy atom. The molecule has 2 heteroatoms. The second kappa shape index (κ2) is 9.18. The first-order valence-corrected chi connectivity index (χ1v) is 3.46. The van der Waals surface area contributed by atoms with Crippen LogP contribution >= 0.6 is 0 Å². The summed E-state index contributed by atoms with van der Waals surface area (Å²) in [4.78, 5) is 0. The Labute approximate surface area is 42.0 Å². The van der Waals surface area contributed by atoms with Crippen molar-refractivity contribution in [1.29, 1.82) is 0 Å². The molecular weight excluding hydrogens is 59.0 g/mol. The molecule has 0 fully saturated rings. The molecule has 0 unspecified atom stereocenters. The molecule has 0 aliphatic rings. The predicted molar refractivity (Wildman–Crippen MR) is 18.9 cm³/mol. The standard InChI is InChI=1S/C2H7Si.Li/c1-3-2;/h3H,1-2H3;/q-1;+1. The molecule has 0 N–H and O–H groups in total. The summed E-state index contributed by atoms with van der Waals surface area (Å²) in [6, 6.07) is 0. The molecule has 0 aromatic heterocycles. The SMILES string of the molecule is C[SiH-]C.[Li+]. The summed E-state index contributed by atoms with van der Waals surface area (Å²) in [6.45, 7) is 4.42. The van der Waals surface area contributed by atoms with Crippen molar-refractivity contribution in [2.75, 3.05) is 0 Å². The van der Waals surface area contributed by atoms with Crippen molar-refractivity contribution >= 4 is 9.52 Å². The average molecular weight is 66.1 g/mol. The molecule has 0 heterocycles. The van der Waals surface area contributed by atoms with Crippen LogP contribution in [0.2, 0.25) is 13.1 Å². The predicted octanol–water partition coefficient (Wildman–Crippen LogP) is -2.48. The van der Waals surface area contributed by atoms with Crippen LogP contribution in [0.1, 0.15) is 0 Å². The molecule has 0 atom stereocenters. The van der Waals surface area contributed by atoms with E-state index in [9.17, 15) is 0 Å². The molecule has 0 saturated carbocycles. The monoisotopic (exact) mass is 66.0 g/mol. The zero-order valence-corrected chi connectivity index (χ0v) is 4.73. The molecule has 0 aliphatic carbocycles. The second-order valence-electron chi connectivity index (χ2n) is 0.577. The summed E-state index contributed by atoms with van der Waals surface area (Å²) in [5, 5.41) is 0. The molecule has 0 amide bonds. The molecule has 0 aromatic carbocycles. The molecule has 0 aromatic rings. The van der Waals surface area contributed by atoms with Gasteiger partial charge in [-0.2, -0.15) is 13.1 Å². The van der Waals surface area contributed by atoms with Crippen molar-refractivity contribution in [3.05, 3.63) is 0 Å². The molecule has 0 rings (SSSR count). The summed E-state index contributed by atoms with van der Waals surface area (Å²) >= 11 is 0. The Hall–Kier alpha value is 0.814. The Balaban J connectivity index is 0. The molecule has 0 saturated heterocycles. The largest absolute Gasteiger partial charge is 1.00 e.